The number of carbonyl (C=O) groups is 2. The average Bonchev–Trinajstić information content (AvgIpc) is 3.37. The molecule has 0 fully saturated rings. The first kappa shape index (κ1) is 20.9. The molecule has 1 aliphatic rings. The van der Waals surface area contributed by atoms with Gasteiger partial charge in [-0.2, -0.15) is 18.3 Å². The Kier molecular flexibility index (Phi) is 4.59. The molecule has 0 unspecified atom stereocenters. The van der Waals surface area contributed by atoms with Crippen LogP contribution in [0.4, 0.5) is 13.2 Å². The molecule has 3 heterocycles. The zero-order chi connectivity index (χ0) is 23.5. The number of alkyl halides is 3. The third-order valence-electron chi connectivity index (χ3n) is 5.82. The Labute approximate surface area is 186 Å². The van der Waals surface area contributed by atoms with Gasteiger partial charge in [0.15, 0.2) is 11.5 Å². The summed E-state index contributed by atoms with van der Waals surface area (Å²) < 4.78 is 40.6. The quantitative estimate of drug-likeness (QED) is 0.407. The zero-order valence-electron chi connectivity index (χ0n) is 17.6. The highest BCUT2D eigenvalue weighted by Gasteiger charge is 2.40. The maximum absolute atomic E-state index is 13.2. The van der Waals surface area contributed by atoms with Crippen molar-refractivity contribution in [3.63, 3.8) is 0 Å². The van der Waals surface area contributed by atoms with Crippen molar-refractivity contribution in [2.24, 2.45) is 0 Å². The summed E-state index contributed by atoms with van der Waals surface area (Å²) >= 11 is 0. The first-order valence-corrected chi connectivity index (χ1v) is 10.2. The van der Waals surface area contributed by atoms with Crippen LogP contribution in [0.1, 0.15) is 50.5 Å². The summed E-state index contributed by atoms with van der Waals surface area (Å²) in [6, 6.07) is 13.8. The fraction of sp³-hybridized carbons (Fsp3) is 0.167. The van der Waals surface area contributed by atoms with E-state index in [4.69, 9.17) is 0 Å². The molecule has 2 aromatic heterocycles. The Hall–Kier alpha value is -4.01. The van der Waals surface area contributed by atoms with E-state index in [0.29, 0.717) is 22.2 Å². The number of hydrogen-bond acceptors (Lipinski definition) is 4. The maximum Gasteiger partial charge on any atom is 0.435 e. The largest absolute Gasteiger partial charge is 0.435 e. The molecule has 0 aliphatic carbocycles. The molecule has 166 valence electrons. The predicted octanol–water partition coefficient (Wildman–Crippen LogP) is 5.10. The van der Waals surface area contributed by atoms with Gasteiger partial charge < -0.3 is 0 Å². The van der Waals surface area contributed by atoms with Crippen molar-refractivity contribution in [3.05, 3.63) is 88.7 Å². The van der Waals surface area contributed by atoms with Crippen molar-refractivity contribution >= 4 is 22.7 Å². The Morgan fingerprint density at radius 1 is 0.939 bits per heavy atom. The Balaban J connectivity index is 1.69. The van der Waals surface area contributed by atoms with Crippen molar-refractivity contribution in [2.45, 2.75) is 26.1 Å². The molecular weight excluding hydrogens is 433 g/mol. The average molecular weight is 450 g/mol. The molecule has 0 N–H and O–H groups in total. The highest BCUT2D eigenvalue weighted by molar-refractivity contribution is 6.21. The standard InChI is InChI=1S/C24H17F3N4O2/c1-13-6-5-7-15-12-18(14(2)31-22(32)16-8-3-4-9-17(16)23(31)33)21(28-20(13)15)30-11-10-19(29-30)24(25,26)27/h3-12,14H,1-2H3/t14-/m0/s1. The number of rotatable bonds is 3. The van der Waals surface area contributed by atoms with Gasteiger partial charge in [-0.3, -0.25) is 14.5 Å². The highest BCUT2D eigenvalue weighted by atomic mass is 19.4. The minimum Gasteiger partial charge on any atom is -0.269 e. The molecule has 0 bridgehead atoms. The van der Waals surface area contributed by atoms with Crippen LogP contribution < -0.4 is 0 Å². The Bertz CT molecular complexity index is 1410. The smallest absolute Gasteiger partial charge is 0.269 e. The van der Waals surface area contributed by atoms with Gasteiger partial charge in [-0.25, -0.2) is 9.67 Å². The number of fused-ring (bicyclic) bond motifs is 2. The molecule has 1 atom stereocenters. The lowest BCUT2D eigenvalue weighted by atomic mass is 10.0. The van der Waals surface area contributed by atoms with Gasteiger partial charge in [0, 0.05) is 17.1 Å². The lowest BCUT2D eigenvalue weighted by Crippen LogP contribution is -2.33. The van der Waals surface area contributed by atoms with E-state index in [1.165, 1.54) is 6.20 Å². The fourth-order valence-corrected chi connectivity index (χ4v) is 4.14. The summed E-state index contributed by atoms with van der Waals surface area (Å²) in [6.45, 7) is 3.49. The molecule has 9 heteroatoms. The van der Waals surface area contributed by atoms with Gasteiger partial charge in [0.2, 0.25) is 0 Å². The summed E-state index contributed by atoms with van der Waals surface area (Å²) in [6.07, 6.45) is -3.44. The minimum atomic E-state index is -4.62. The Morgan fingerprint density at radius 2 is 1.61 bits per heavy atom. The molecule has 0 spiro atoms. The summed E-state index contributed by atoms with van der Waals surface area (Å²) in [4.78, 5) is 31.8. The van der Waals surface area contributed by atoms with E-state index in [1.807, 2.05) is 25.1 Å². The van der Waals surface area contributed by atoms with Crippen LogP contribution in [0.3, 0.4) is 0 Å². The zero-order valence-corrected chi connectivity index (χ0v) is 17.6. The van der Waals surface area contributed by atoms with Crippen LogP contribution >= 0.6 is 0 Å². The lowest BCUT2D eigenvalue weighted by Gasteiger charge is -2.25. The third-order valence-corrected chi connectivity index (χ3v) is 5.82. The van der Waals surface area contributed by atoms with Crippen molar-refractivity contribution in [1.29, 1.82) is 0 Å². The second-order valence-electron chi connectivity index (χ2n) is 7.89. The van der Waals surface area contributed by atoms with E-state index < -0.39 is 29.7 Å². The molecule has 4 aromatic rings. The topological polar surface area (TPSA) is 68.1 Å². The summed E-state index contributed by atoms with van der Waals surface area (Å²) in [5.74, 6) is -0.805. The van der Waals surface area contributed by atoms with Gasteiger partial charge in [0.05, 0.1) is 22.7 Å². The Morgan fingerprint density at radius 3 is 2.21 bits per heavy atom. The van der Waals surface area contributed by atoms with Crippen LogP contribution in [-0.4, -0.2) is 31.5 Å². The molecule has 0 saturated heterocycles. The molecule has 2 aromatic carbocycles. The van der Waals surface area contributed by atoms with Gasteiger partial charge in [-0.05, 0) is 43.7 Å². The maximum atomic E-state index is 13.2. The lowest BCUT2D eigenvalue weighted by molar-refractivity contribution is -0.141. The normalized spacial score (nSPS) is 14.8. The van der Waals surface area contributed by atoms with Gasteiger partial charge >= 0.3 is 6.18 Å². The van der Waals surface area contributed by atoms with Crippen LogP contribution in [0.5, 0.6) is 0 Å². The summed E-state index contributed by atoms with van der Waals surface area (Å²) in [7, 11) is 0. The van der Waals surface area contributed by atoms with Crippen LogP contribution in [-0.2, 0) is 6.18 Å². The number of nitrogens with zero attached hydrogens (tertiary/aromatic N) is 4. The summed E-state index contributed by atoms with van der Waals surface area (Å²) in [5.41, 5.74) is 1.34. The number of carbonyl (C=O) groups excluding carboxylic acids is 2. The SMILES string of the molecule is Cc1cccc2cc([C@H](C)N3C(=O)c4ccccc4C3=O)c(-n3ccc(C(F)(F)F)n3)nc12. The predicted molar refractivity (Wildman–Crippen MR) is 114 cm³/mol. The number of benzene rings is 2. The molecule has 33 heavy (non-hydrogen) atoms. The van der Waals surface area contributed by atoms with E-state index in [0.717, 1.165) is 26.6 Å². The van der Waals surface area contributed by atoms with E-state index in [-0.39, 0.29) is 5.82 Å². The van der Waals surface area contributed by atoms with Crippen molar-refractivity contribution in [3.8, 4) is 5.82 Å². The molecular formula is C24H17F3N4O2. The summed E-state index contributed by atoms with van der Waals surface area (Å²) in [5, 5.41) is 4.41. The number of aromatic nitrogens is 3. The molecule has 6 nitrogen and oxygen atoms in total. The first-order chi connectivity index (χ1) is 15.7. The van der Waals surface area contributed by atoms with Crippen LogP contribution in [0, 0.1) is 6.92 Å². The van der Waals surface area contributed by atoms with Crippen LogP contribution in [0.15, 0.2) is 60.8 Å². The van der Waals surface area contributed by atoms with Gasteiger partial charge in [-0.1, -0.05) is 30.3 Å². The van der Waals surface area contributed by atoms with Crippen LogP contribution in [0.25, 0.3) is 16.7 Å². The van der Waals surface area contributed by atoms with Crippen molar-refractivity contribution in [2.75, 3.05) is 0 Å². The molecule has 0 saturated carbocycles. The number of hydrogen-bond donors (Lipinski definition) is 0. The minimum absolute atomic E-state index is 0.122. The molecule has 2 amide bonds. The number of pyridine rings is 1. The van der Waals surface area contributed by atoms with E-state index >= 15 is 0 Å². The van der Waals surface area contributed by atoms with Crippen molar-refractivity contribution in [1.82, 2.24) is 19.7 Å². The van der Waals surface area contributed by atoms with E-state index in [2.05, 4.69) is 10.1 Å². The van der Waals surface area contributed by atoms with Gasteiger partial charge in [0.25, 0.3) is 11.8 Å². The van der Waals surface area contributed by atoms with Crippen molar-refractivity contribution < 1.29 is 22.8 Å². The van der Waals surface area contributed by atoms with Gasteiger partial charge in [-0.15, -0.1) is 0 Å². The molecule has 1 aliphatic heterocycles. The number of imide groups is 1. The number of halogens is 3. The molecule has 0 radical (unpaired) electrons. The monoisotopic (exact) mass is 450 g/mol. The highest BCUT2D eigenvalue weighted by Crippen LogP contribution is 2.35. The number of aryl methyl sites for hydroxylation is 1. The third kappa shape index (κ3) is 3.27. The fourth-order valence-electron chi connectivity index (χ4n) is 4.14. The first-order valence-electron chi connectivity index (χ1n) is 10.2. The number of para-hydroxylation sites is 1. The van der Waals surface area contributed by atoms with E-state index in [9.17, 15) is 22.8 Å². The number of amides is 2. The van der Waals surface area contributed by atoms with Gasteiger partial charge in [0.1, 0.15) is 0 Å². The second-order valence-corrected chi connectivity index (χ2v) is 7.89. The molecule has 5 rings (SSSR count). The van der Waals surface area contributed by atoms with Crippen LogP contribution in [0.2, 0.25) is 0 Å². The second kappa shape index (κ2) is 7.26. The van der Waals surface area contributed by atoms with E-state index in [1.54, 1.807) is 37.3 Å².